The SMILES string of the molecule is NC(=S)C(NC(=O)C1CCCC1)C1CC1. The van der Waals surface area contributed by atoms with Crippen molar-refractivity contribution in [3.8, 4) is 0 Å². The summed E-state index contributed by atoms with van der Waals surface area (Å²) in [6, 6.07) is -0.0481. The van der Waals surface area contributed by atoms with Gasteiger partial charge >= 0.3 is 0 Å². The number of carbonyl (C=O) groups is 1. The molecule has 0 bridgehead atoms. The zero-order chi connectivity index (χ0) is 10.8. The van der Waals surface area contributed by atoms with Crippen LogP contribution in [0.15, 0.2) is 0 Å². The molecule has 4 heteroatoms. The smallest absolute Gasteiger partial charge is 0.223 e. The summed E-state index contributed by atoms with van der Waals surface area (Å²) in [6.45, 7) is 0. The van der Waals surface area contributed by atoms with Gasteiger partial charge in [0, 0.05) is 5.92 Å². The summed E-state index contributed by atoms with van der Waals surface area (Å²) in [5, 5.41) is 3.02. The predicted octanol–water partition coefficient (Wildman–Crippen LogP) is 1.36. The van der Waals surface area contributed by atoms with E-state index in [0.29, 0.717) is 10.9 Å². The summed E-state index contributed by atoms with van der Waals surface area (Å²) in [5.41, 5.74) is 5.64. The Kier molecular flexibility index (Phi) is 3.24. The third kappa shape index (κ3) is 2.68. The molecule has 2 fully saturated rings. The first-order valence-electron chi connectivity index (χ1n) is 5.78. The van der Waals surface area contributed by atoms with Crippen molar-refractivity contribution in [3.63, 3.8) is 0 Å². The molecule has 2 aliphatic rings. The Labute approximate surface area is 95.8 Å². The lowest BCUT2D eigenvalue weighted by Crippen LogP contribution is -2.46. The highest BCUT2D eigenvalue weighted by atomic mass is 32.1. The second kappa shape index (κ2) is 4.47. The van der Waals surface area contributed by atoms with E-state index in [-0.39, 0.29) is 17.9 Å². The normalized spacial score (nSPS) is 23.7. The predicted molar refractivity (Wildman–Crippen MR) is 63.4 cm³/mol. The average Bonchev–Trinajstić information content (AvgIpc) is 2.87. The maximum Gasteiger partial charge on any atom is 0.223 e. The summed E-state index contributed by atoms with van der Waals surface area (Å²) < 4.78 is 0. The van der Waals surface area contributed by atoms with Gasteiger partial charge in [0.2, 0.25) is 5.91 Å². The monoisotopic (exact) mass is 226 g/mol. The number of hydrogen-bond acceptors (Lipinski definition) is 2. The van der Waals surface area contributed by atoms with Crippen LogP contribution in [0.25, 0.3) is 0 Å². The van der Waals surface area contributed by atoms with Crippen molar-refractivity contribution in [2.24, 2.45) is 17.6 Å². The molecule has 3 N–H and O–H groups in total. The second-order valence-corrected chi connectivity index (χ2v) is 5.18. The van der Waals surface area contributed by atoms with Crippen LogP contribution < -0.4 is 11.1 Å². The Morgan fingerprint density at radius 3 is 2.33 bits per heavy atom. The first-order chi connectivity index (χ1) is 7.18. The Morgan fingerprint density at radius 1 is 1.27 bits per heavy atom. The van der Waals surface area contributed by atoms with Gasteiger partial charge in [-0.05, 0) is 31.6 Å². The van der Waals surface area contributed by atoms with Crippen LogP contribution in [0.2, 0.25) is 0 Å². The highest BCUT2D eigenvalue weighted by Crippen LogP contribution is 2.33. The van der Waals surface area contributed by atoms with E-state index in [1.54, 1.807) is 0 Å². The van der Waals surface area contributed by atoms with Gasteiger partial charge in [-0.25, -0.2) is 0 Å². The van der Waals surface area contributed by atoms with E-state index < -0.39 is 0 Å². The molecule has 1 amide bonds. The molecular formula is C11H18N2OS. The highest BCUT2D eigenvalue weighted by Gasteiger charge is 2.35. The van der Waals surface area contributed by atoms with Gasteiger partial charge in [-0.15, -0.1) is 0 Å². The molecule has 0 radical (unpaired) electrons. The van der Waals surface area contributed by atoms with Crippen molar-refractivity contribution in [1.29, 1.82) is 0 Å². The number of nitrogens with two attached hydrogens (primary N) is 1. The molecule has 15 heavy (non-hydrogen) atoms. The molecule has 2 aliphatic carbocycles. The topological polar surface area (TPSA) is 55.1 Å². The number of rotatable bonds is 4. The molecule has 0 saturated heterocycles. The minimum Gasteiger partial charge on any atom is -0.392 e. The summed E-state index contributed by atoms with van der Waals surface area (Å²) in [6.07, 6.45) is 6.71. The Hall–Kier alpha value is -0.640. The van der Waals surface area contributed by atoms with Crippen LogP contribution in [0, 0.1) is 11.8 Å². The van der Waals surface area contributed by atoms with Crippen LogP contribution in [-0.4, -0.2) is 16.9 Å². The molecule has 3 nitrogen and oxygen atoms in total. The van der Waals surface area contributed by atoms with E-state index in [4.69, 9.17) is 18.0 Å². The lowest BCUT2D eigenvalue weighted by Gasteiger charge is -2.19. The van der Waals surface area contributed by atoms with Gasteiger partial charge in [-0.3, -0.25) is 4.79 Å². The van der Waals surface area contributed by atoms with Crippen LogP contribution in [0.1, 0.15) is 38.5 Å². The minimum atomic E-state index is -0.0481. The summed E-state index contributed by atoms with van der Waals surface area (Å²) in [7, 11) is 0. The van der Waals surface area contributed by atoms with Crippen molar-refractivity contribution in [2.75, 3.05) is 0 Å². The quantitative estimate of drug-likeness (QED) is 0.712. The molecule has 2 rings (SSSR count). The fourth-order valence-electron chi connectivity index (χ4n) is 2.31. The lowest BCUT2D eigenvalue weighted by molar-refractivity contribution is -0.125. The summed E-state index contributed by atoms with van der Waals surface area (Å²) >= 11 is 4.99. The van der Waals surface area contributed by atoms with Crippen LogP contribution in [-0.2, 0) is 4.79 Å². The van der Waals surface area contributed by atoms with Crippen molar-refractivity contribution in [1.82, 2.24) is 5.32 Å². The van der Waals surface area contributed by atoms with E-state index in [2.05, 4.69) is 5.32 Å². The Morgan fingerprint density at radius 2 is 1.87 bits per heavy atom. The fourth-order valence-corrected chi connectivity index (χ4v) is 2.56. The first kappa shape index (κ1) is 10.9. The van der Waals surface area contributed by atoms with Gasteiger partial charge in [-0.2, -0.15) is 0 Å². The van der Waals surface area contributed by atoms with Gasteiger partial charge in [0.25, 0.3) is 0 Å². The van der Waals surface area contributed by atoms with Crippen molar-refractivity contribution in [3.05, 3.63) is 0 Å². The standard InChI is InChI=1S/C11H18N2OS/c12-10(15)9(7-5-6-7)13-11(14)8-3-1-2-4-8/h7-9H,1-6H2,(H2,12,15)(H,13,14). The van der Waals surface area contributed by atoms with Gasteiger partial charge < -0.3 is 11.1 Å². The summed E-state index contributed by atoms with van der Waals surface area (Å²) in [5.74, 6) is 0.880. The van der Waals surface area contributed by atoms with Gasteiger partial charge in [0.05, 0.1) is 11.0 Å². The molecular weight excluding hydrogens is 208 g/mol. The molecule has 2 saturated carbocycles. The van der Waals surface area contributed by atoms with Crippen molar-refractivity contribution < 1.29 is 4.79 Å². The van der Waals surface area contributed by atoms with Crippen molar-refractivity contribution in [2.45, 2.75) is 44.6 Å². The fraction of sp³-hybridized carbons (Fsp3) is 0.818. The first-order valence-corrected chi connectivity index (χ1v) is 6.19. The van der Waals surface area contributed by atoms with E-state index in [0.717, 1.165) is 25.7 Å². The molecule has 84 valence electrons. The van der Waals surface area contributed by atoms with E-state index in [9.17, 15) is 4.79 Å². The maximum atomic E-state index is 11.9. The van der Waals surface area contributed by atoms with Crippen molar-refractivity contribution >= 4 is 23.1 Å². The third-order valence-electron chi connectivity index (χ3n) is 3.42. The number of thiocarbonyl (C=S) groups is 1. The summed E-state index contributed by atoms with van der Waals surface area (Å²) in [4.78, 5) is 12.3. The van der Waals surface area contributed by atoms with E-state index in [1.165, 1.54) is 12.8 Å². The van der Waals surface area contributed by atoms with Crippen LogP contribution in [0.5, 0.6) is 0 Å². The van der Waals surface area contributed by atoms with Crippen LogP contribution in [0.4, 0.5) is 0 Å². The zero-order valence-corrected chi connectivity index (χ0v) is 9.69. The largest absolute Gasteiger partial charge is 0.392 e. The molecule has 1 unspecified atom stereocenters. The van der Waals surface area contributed by atoms with Gasteiger partial charge in [0.15, 0.2) is 0 Å². The number of amides is 1. The number of carbonyl (C=O) groups excluding carboxylic acids is 1. The maximum absolute atomic E-state index is 11.9. The second-order valence-electron chi connectivity index (χ2n) is 4.71. The zero-order valence-electron chi connectivity index (χ0n) is 8.87. The van der Waals surface area contributed by atoms with Gasteiger partial charge in [0.1, 0.15) is 0 Å². The molecule has 0 aromatic carbocycles. The Balaban J connectivity index is 1.87. The van der Waals surface area contributed by atoms with E-state index in [1.807, 2.05) is 0 Å². The number of nitrogens with one attached hydrogen (secondary N) is 1. The van der Waals surface area contributed by atoms with Crippen LogP contribution >= 0.6 is 12.2 Å². The average molecular weight is 226 g/mol. The molecule has 0 aromatic rings. The molecule has 1 atom stereocenters. The molecule has 0 aliphatic heterocycles. The molecule has 0 heterocycles. The highest BCUT2D eigenvalue weighted by molar-refractivity contribution is 7.80. The van der Waals surface area contributed by atoms with Gasteiger partial charge in [-0.1, -0.05) is 25.1 Å². The minimum absolute atomic E-state index is 0.0481. The Bertz CT molecular complexity index is 270. The number of hydrogen-bond donors (Lipinski definition) is 2. The third-order valence-corrected chi connectivity index (χ3v) is 3.68. The lowest BCUT2D eigenvalue weighted by atomic mass is 10.1. The van der Waals surface area contributed by atoms with E-state index >= 15 is 0 Å². The van der Waals surface area contributed by atoms with Crippen LogP contribution in [0.3, 0.4) is 0 Å². The molecule has 0 spiro atoms. The molecule has 0 aromatic heterocycles.